The Labute approximate surface area is 128 Å². The van der Waals surface area contributed by atoms with Crippen molar-refractivity contribution in [2.45, 2.75) is 58.9 Å². The molecule has 1 saturated carbocycles. The van der Waals surface area contributed by atoms with Crippen LogP contribution in [0.25, 0.3) is 0 Å². The van der Waals surface area contributed by atoms with Crippen LogP contribution in [-0.2, 0) is 17.7 Å². The molecule has 6 heteroatoms. The lowest BCUT2D eigenvalue weighted by molar-refractivity contribution is -0.169. The van der Waals surface area contributed by atoms with E-state index in [1.807, 2.05) is 20.8 Å². The van der Waals surface area contributed by atoms with Crippen molar-refractivity contribution in [2.24, 2.45) is 11.3 Å². The average Bonchev–Trinajstić information content (AvgIpc) is 2.71. The third kappa shape index (κ3) is 2.63. The average molecular weight is 312 g/mol. The summed E-state index contributed by atoms with van der Waals surface area (Å²) in [7, 11) is 0. The molecule has 1 fully saturated rings. The maximum atomic E-state index is 13.3. The van der Waals surface area contributed by atoms with Crippen molar-refractivity contribution in [3.05, 3.63) is 17.0 Å². The zero-order valence-corrected chi connectivity index (χ0v) is 13.3. The number of esters is 1. The van der Waals surface area contributed by atoms with Crippen molar-refractivity contribution in [2.75, 3.05) is 6.61 Å². The van der Waals surface area contributed by atoms with E-state index in [0.717, 1.165) is 11.3 Å². The number of rotatable bonds is 3. The fourth-order valence-electron chi connectivity index (χ4n) is 3.63. The Kier molecular flexibility index (Phi) is 3.53. The van der Waals surface area contributed by atoms with Crippen LogP contribution < -0.4 is 0 Å². The Morgan fingerprint density at radius 3 is 2.68 bits per heavy atom. The summed E-state index contributed by atoms with van der Waals surface area (Å²) in [5.74, 6) is -2.67. The first-order valence-corrected chi connectivity index (χ1v) is 7.83. The lowest BCUT2D eigenvalue weighted by atomic mass is 9.60. The summed E-state index contributed by atoms with van der Waals surface area (Å²) in [5.41, 5.74) is 1.73. The predicted octanol–water partition coefficient (Wildman–Crippen LogP) is 3.37. The van der Waals surface area contributed by atoms with Gasteiger partial charge in [0.1, 0.15) is 0 Å². The Balaban J connectivity index is 1.77. The fraction of sp³-hybridized carbons (Fsp3) is 0.750. The third-order valence-electron chi connectivity index (χ3n) is 4.73. The number of halogens is 2. The molecule has 0 atom stereocenters. The normalized spacial score (nSPS) is 21.5. The van der Waals surface area contributed by atoms with Crippen LogP contribution >= 0.6 is 0 Å². The van der Waals surface area contributed by atoms with E-state index < -0.39 is 11.9 Å². The molecule has 2 heterocycles. The number of carbonyl (C=O) groups excluding carboxylic acids is 1. The maximum absolute atomic E-state index is 13.3. The summed E-state index contributed by atoms with van der Waals surface area (Å²) in [6.45, 7) is 6.73. The van der Waals surface area contributed by atoms with Crippen LogP contribution in [0.15, 0.2) is 0 Å². The topological polar surface area (TPSA) is 44.1 Å². The molecule has 1 spiro atoms. The van der Waals surface area contributed by atoms with Gasteiger partial charge in [0.25, 0.3) is 0 Å². The van der Waals surface area contributed by atoms with Crippen LogP contribution in [0.2, 0.25) is 0 Å². The predicted molar refractivity (Wildman–Crippen MR) is 77.0 cm³/mol. The van der Waals surface area contributed by atoms with Crippen molar-refractivity contribution in [3.8, 4) is 0 Å². The summed E-state index contributed by atoms with van der Waals surface area (Å²) in [4.78, 5) is 12.1. The Hall–Kier alpha value is -1.46. The van der Waals surface area contributed by atoms with E-state index in [9.17, 15) is 13.6 Å². The molecular weight excluding hydrogens is 290 g/mol. The number of ether oxygens (including phenoxy) is 1. The van der Waals surface area contributed by atoms with Gasteiger partial charge in [-0.3, -0.25) is 4.68 Å². The van der Waals surface area contributed by atoms with Crippen LogP contribution in [0.3, 0.4) is 0 Å². The summed E-state index contributed by atoms with van der Waals surface area (Å²) in [5, 5.41) is 4.34. The van der Waals surface area contributed by atoms with E-state index in [4.69, 9.17) is 4.74 Å². The molecule has 1 aliphatic heterocycles. The number of hydrogen-bond acceptors (Lipinski definition) is 3. The van der Waals surface area contributed by atoms with E-state index in [2.05, 4.69) is 5.10 Å². The number of nitrogens with zero attached hydrogens (tertiary/aromatic N) is 2. The minimum Gasteiger partial charge on any atom is -0.461 e. The molecule has 0 saturated heterocycles. The van der Waals surface area contributed by atoms with Crippen LogP contribution in [0.4, 0.5) is 8.78 Å². The molecule has 0 unspecified atom stereocenters. The highest BCUT2D eigenvalue weighted by Gasteiger charge is 2.57. The minimum absolute atomic E-state index is 0.0439. The molecule has 1 aromatic heterocycles. The smallest absolute Gasteiger partial charge is 0.359 e. The summed E-state index contributed by atoms with van der Waals surface area (Å²) >= 11 is 0. The highest BCUT2D eigenvalue weighted by Crippen LogP contribution is 2.57. The number of aromatic nitrogens is 2. The SMILES string of the molecule is Cc1c(C(=O)OCC(C)C)nn2c1CC1(CC2)CC(F)(F)C1. The van der Waals surface area contributed by atoms with Gasteiger partial charge in [-0.05, 0) is 31.1 Å². The van der Waals surface area contributed by atoms with E-state index in [1.165, 1.54) is 0 Å². The van der Waals surface area contributed by atoms with Crippen LogP contribution in [-0.4, -0.2) is 28.3 Å². The van der Waals surface area contributed by atoms with Crippen LogP contribution in [0, 0.1) is 18.3 Å². The number of hydrogen-bond donors (Lipinski definition) is 0. The monoisotopic (exact) mass is 312 g/mol. The van der Waals surface area contributed by atoms with Gasteiger partial charge in [-0.1, -0.05) is 13.8 Å². The quantitative estimate of drug-likeness (QED) is 0.804. The minimum atomic E-state index is -2.52. The number of aryl methyl sites for hydroxylation is 1. The fourth-order valence-corrected chi connectivity index (χ4v) is 3.63. The molecule has 0 amide bonds. The molecule has 0 bridgehead atoms. The molecule has 22 heavy (non-hydrogen) atoms. The first-order chi connectivity index (χ1) is 10.2. The second-order valence-electron chi connectivity index (χ2n) is 7.27. The molecule has 3 rings (SSSR count). The zero-order valence-electron chi connectivity index (χ0n) is 13.3. The number of carbonyl (C=O) groups is 1. The van der Waals surface area contributed by atoms with Gasteiger partial charge in [0, 0.05) is 30.6 Å². The van der Waals surface area contributed by atoms with Gasteiger partial charge in [0.15, 0.2) is 5.69 Å². The van der Waals surface area contributed by atoms with Gasteiger partial charge in [-0.2, -0.15) is 5.10 Å². The molecule has 122 valence electrons. The summed E-state index contributed by atoms with van der Waals surface area (Å²) < 4.78 is 33.5. The molecule has 0 aromatic carbocycles. The molecular formula is C16H22F2N2O2. The lowest BCUT2D eigenvalue weighted by Crippen LogP contribution is -2.50. The largest absolute Gasteiger partial charge is 0.461 e. The standard InChI is InChI=1S/C16H22F2N2O2/c1-10(2)7-22-14(21)13-11(3)12-6-15(4-5-20(12)19-13)8-16(17,18)9-15/h10H,4-9H2,1-3H3. The van der Waals surface area contributed by atoms with Crippen molar-refractivity contribution < 1.29 is 18.3 Å². The molecule has 4 nitrogen and oxygen atoms in total. The third-order valence-corrected chi connectivity index (χ3v) is 4.73. The second-order valence-corrected chi connectivity index (χ2v) is 7.27. The van der Waals surface area contributed by atoms with E-state index in [0.29, 0.717) is 31.7 Å². The Bertz CT molecular complexity index is 600. The van der Waals surface area contributed by atoms with Crippen molar-refractivity contribution in [1.82, 2.24) is 9.78 Å². The van der Waals surface area contributed by atoms with Gasteiger partial charge in [0.05, 0.1) is 6.61 Å². The van der Waals surface area contributed by atoms with Crippen molar-refractivity contribution >= 4 is 5.97 Å². The van der Waals surface area contributed by atoms with Gasteiger partial charge < -0.3 is 4.74 Å². The molecule has 1 aromatic rings. The van der Waals surface area contributed by atoms with Crippen LogP contribution in [0.1, 0.15) is 54.9 Å². The van der Waals surface area contributed by atoms with E-state index >= 15 is 0 Å². The first kappa shape index (κ1) is 15.4. The molecule has 1 aliphatic carbocycles. The number of fused-ring (bicyclic) bond motifs is 1. The molecule has 0 N–H and O–H groups in total. The highest BCUT2D eigenvalue weighted by molar-refractivity contribution is 5.89. The Morgan fingerprint density at radius 2 is 2.09 bits per heavy atom. The van der Waals surface area contributed by atoms with E-state index in [-0.39, 0.29) is 24.2 Å². The van der Waals surface area contributed by atoms with Gasteiger partial charge >= 0.3 is 5.97 Å². The maximum Gasteiger partial charge on any atom is 0.359 e. The number of alkyl halides is 2. The highest BCUT2D eigenvalue weighted by atomic mass is 19.3. The summed E-state index contributed by atoms with van der Waals surface area (Å²) in [6.07, 6.45) is 1.20. The molecule has 2 aliphatic rings. The molecule has 0 radical (unpaired) electrons. The first-order valence-electron chi connectivity index (χ1n) is 7.83. The van der Waals surface area contributed by atoms with Gasteiger partial charge in [0.2, 0.25) is 5.92 Å². The van der Waals surface area contributed by atoms with E-state index in [1.54, 1.807) is 4.68 Å². The lowest BCUT2D eigenvalue weighted by Gasteiger charge is -2.49. The Morgan fingerprint density at radius 1 is 1.41 bits per heavy atom. The van der Waals surface area contributed by atoms with Gasteiger partial charge in [-0.15, -0.1) is 0 Å². The van der Waals surface area contributed by atoms with Gasteiger partial charge in [-0.25, -0.2) is 13.6 Å². The zero-order chi connectivity index (χ0) is 16.1. The summed E-state index contributed by atoms with van der Waals surface area (Å²) in [6, 6.07) is 0. The van der Waals surface area contributed by atoms with Crippen LogP contribution in [0.5, 0.6) is 0 Å². The van der Waals surface area contributed by atoms with Crippen molar-refractivity contribution in [1.29, 1.82) is 0 Å². The second kappa shape index (κ2) is 5.03. The van der Waals surface area contributed by atoms with Crippen molar-refractivity contribution in [3.63, 3.8) is 0 Å².